The van der Waals surface area contributed by atoms with E-state index in [1.807, 2.05) is 37.3 Å². The second kappa shape index (κ2) is 9.16. The van der Waals surface area contributed by atoms with Crippen LogP contribution < -0.4 is 0 Å². The zero-order chi connectivity index (χ0) is 18.4. The van der Waals surface area contributed by atoms with Gasteiger partial charge in [-0.05, 0) is 49.6 Å². The largest absolute Gasteiger partial charge is 0.396 e. The van der Waals surface area contributed by atoms with Gasteiger partial charge in [-0.25, -0.2) is 0 Å². The van der Waals surface area contributed by atoms with E-state index in [0.29, 0.717) is 0 Å². The van der Waals surface area contributed by atoms with E-state index >= 15 is 0 Å². The van der Waals surface area contributed by atoms with E-state index in [9.17, 15) is 0 Å². The molecule has 0 saturated carbocycles. The zero-order valence-corrected chi connectivity index (χ0v) is 16.2. The van der Waals surface area contributed by atoms with Crippen LogP contribution in [-0.2, 0) is 0 Å². The number of aliphatic hydroxyl groups is 1. The molecule has 26 heavy (non-hydrogen) atoms. The van der Waals surface area contributed by atoms with E-state index < -0.39 is 0 Å². The number of nitrogens with zero attached hydrogens (tertiary/aromatic N) is 4. The SMILES string of the molecule is Cc1c(Cl)cccc1-n1c(SCCCCCO)nnc1-c1ccncc1. The summed E-state index contributed by atoms with van der Waals surface area (Å²) in [6.45, 7) is 2.25. The maximum atomic E-state index is 8.91. The van der Waals surface area contributed by atoms with Crippen LogP contribution in [-0.4, -0.2) is 37.2 Å². The fourth-order valence-electron chi connectivity index (χ4n) is 2.66. The number of rotatable bonds is 8. The van der Waals surface area contributed by atoms with Gasteiger partial charge in [0.1, 0.15) is 0 Å². The normalized spacial score (nSPS) is 11.0. The van der Waals surface area contributed by atoms with Crippen LogP contribution in [0.3, 0.4) is 0 Å². The number of aromatic nitrogens is 4. The number of unbranched alkanes of at least 4 members (excludes halogenated alkanes) is 2. The molecule has 0 bridgehead atoms. The third kappa shape index (κ3) is 4.26. The molecule has 5 nitrogen and oxygen atoms in total. The van der Waals surface area contributed by atoms with E-state index in [2.05, 4.69) is 19.7 Å². The average molecular weight is 389 g/mol. The lowest BCUT2D eigenvalue weighted by atomic mass is 10.2. The number of halogens is 1. The van der Waals surface area contributed by atoms with E-state index in [-0.39, 0.29) is 6.61 Å². The maximum absolute atomic E-state index is 8.91. The lowest BCUT2D eigenvalue weighted by Crippen LogP contribution is -2.02. The number of aliphatic hydroxyl groups excluding tert-OH is 1. The van der Waals surface area contributed by atoms with Gasteiger partial charge < -0.3 is 5.11 Å². The third-order valence-corrected chi connectivity index (χ3v) is 5.51. The van der Waals surface area contributed by atoms with Gasteiger partial charge in [-0.2, -0.15) is 0 Å². The van der Waals surface area contributed by atoms with Gasteiger partial charge in [-0.15, -0.1) is 10.2 Å². The van der Waals surface area contributed by atoms with Gasteiger partial charge in [-0.3, -0.25) is 9.55 Å². The van der Waals surface area contributed by atoms with Crippen LogP contribution in [0.5, 0.6) is 0 Å². The van der Waals surface area contributed by atoms with Gasteiger partial charge in [0.2, 0.25) is 0 Å². The van der Waals surface area contributed by atoms with Gasteiger partial charge in [0.15, 0.2) is 11.0 Å². The van der Waals surface area contributed by atoms with Crippen molar-refractivity contribution >= 4 is 23.4 Å². The van der Waals surface area contributed by atoms with Gasteiger partial charge in [0.05, 0.1) is 5.69 Å². The van der Waals surface area contributed by atoms with Crippen LogP contribution in [0.4, 0.5) is 0 Å². The van der Waals surface area contributed by atoms with Crippen LogP contribution in [0, 0.1) is 6.92 Å². The predicted molar refractivity (Wildman–Crippen MR) is 106 cm³/mol. The molecule has 1 aromatic carbocycles. The molecule has 2 heterocycles. The molecule has 2 aromatic heterocycles. The standard InChI is InChI=1S/C19H21ClN4OS/c1-14-16(20)6-5-7-17(14)24-18(15-8-10-21-11-9-15)22-23-19(24)26-13-4-2-3-12-25/h5-11,25H,2-4,12-13H2,1H3. The summed E-state index contributed by atoms with van der Waals surface area (Å²) < 4.78 is 2.06. The van der Waals surface area contributed by atoms with Crippen molar-refractivity contribution in [1.29, 1.82) is 0 Å². The summed E-state index contributed by atoms with van der Waals surface area (Å²) in [6, 6.07) is 9.71. The van der Waals surface area contributed by atoms with Gasteiger partial charge in [0, 0.05) is 35.3 Å². The molecule has 0 atom stereocenters. The number of hydrogen-bond donors (Lipinski definition) is 1. The van der Waals surface area contributed by atoms with Crippen molar-refractivity contribution in [3.05, 3.63) is 53.3 Å². The summed E-state index contributed by atoms with van der Waals surface area (Å²) in [5, 5.41) is 19.3. The molecule has 136 valence electrons. The van der Waals surface area contributed by atoms with Gasteiger partial charge in [0.25, 0.3) is 0 Å². The first-order valence-electron chi connectivity index (χ1n) is 8.57. The summed E-state index contributed by atoms with van der Waals surface area (Å²) in [6.07, 6.45) is 6.37. The summed E-state index contributed by atoms with van der Waals surface area (Å²) in [7, 11) is 0. The molecular formula is C19H21ClN4OS. The molecule has 1 N–H and O–H groups in total. The highest BCUT2D eigenvalue weighted by Gasteiger charge is 2.18. The highest BCUT2D eigenvalue weighted by atomic mass is 35.5. The predicted octanol–water partition coefficient (Wildman–Crippen LogP) is 4.55. The molecule has 0 spiro atoms. The van der Waals surface area contributed by atoms with Crippen LogP contribution in [0.25, 0.3) is 17.1 Å². The Labute approximate surface area is 162 Å². The molecular weight excluding hydrogens is 368 g/mol. The monoisotopic (exact) mass is 388 g/mol. The minimum absolute atomic E-state index is 0.245. The molecule has 0 saturated heterocycles. The first-order valence-corrected chi connectivity index (χ1v) is 9.93. The summed E-state index contributed by atoms with van der Waals surface area (Å²) >= 11 is 8.02. The molecule has 3 aromatic rings. The molecule has 0 aliphatic heterocycles. The minimum Gasteiger partial charge on any atom is -0.396 e. The topological polar surface area (TPSA) is 63.8 Å². The Hall–Kier alpha value is -1.89. The highest BCUT2D eigenvalue weighted by Crippen LogP contribution is 2.31. The van der Waals surface area contributed by atoms with E-state index in [4.69, 9.17) is 16.7 Å². The van der Waals surface area contributed by atoms with Crippen molar-refractivity contribution in [3.8, 4) is 17.1 Å². The second-order valence-corrected chi connectivity index (χ2v) is 7.36. The van der Waals surface area contributed by atoms with E-state index in [1.54, 1.807) is 24.2 Å². The van der Waals surface area contributed by atoms with Gasteiger partial charge >= 0.3 is 0 Å². The Bertz CT molecular complexity index is 854. The van der Waals surface area contributed by atoms with Crippen LogP contribution >= 0.6 is 23.4 Å². The van der Waals surface area contributed by atoms with E-state index in [1.165, 1.54) is 0 Å². The number of thioether (sulfide) groups is 1. The van der Waals surface area contributed by atoms with Crippen molar-refractivity contribution in [2.75, 3.05) is 12.4 Å². The van der Waals surface area contributed by atoms with Crippen molar-refractivity contribution in [1.82, 2.24) is 19.7 Å². The lowest BCUT2D eigenvalue weighted by Gasteiger charge is -2.13. The molecule has 3 rings (SSSR count). The Balaban J connectivity index is 1.97. The summed E-state index contributed by atoms with van der Waals surface area (Å²) in [5.74, 6) is 1.70. The van der Waals surface area contributed by atoms with Crippen molar-refractivity contribution < 1.29 is 5.11 Å². The average Bonchev–Trinajstić information content (AvgIpc) is 3.08. The number of hydrogen-bond acceptors (Lipinski definition) is 5. The Kier molecular flexibility index (Phi) is 6.66. The molecule has 0 aliphatic carbocycles. The second-order valence-electron chi connectivity index (χ2n) is 5.89. The maximum Gasteiger partial charge on any atom is 0.196 e. The summed E-state index contributed by atoms with van der Waals surface area (Å²) in [4.78, 5) is 4.09. The van der Waals surface area contributed by atoms with Crippen molar-refractivity contribution in [2.45, 2.75) is 31.3 Å². The number of benzene rings is 1. The quantitative estimate of drug-likeness (QED) is 0.453. The molecule has 7 heteroatoms. The minimum atomic E-state index is 0.245. The smallest absolute Gasteiger partial charge is 0.196 e. The number of pyridine rings is 1. The Morgan fingerprint density at radius 1 is 1.08 bits per heavy atom. The van der Waals surface area contributed by atoms with E-state index in [0.717, 1.165) is 57.8 Å². The lowest BCUT2D eigenvalue weighted by molar-refractivity contribution is 0.284. The molecule has 0 fully saturated rings. The van der Waals surface area contributed by atoms with Crippen molar-refractivity contribution in [3.63, 3.8) is 0 Å². The fraction of sp³-hybridized carbons (Fsp3) is 0.316. The third-order valence-electron chi connectivity index (χ3n) is 4.09. The molecule has 0 aliphatic rings. The highest BCUT2D eigenvalue weighted by molar-refractivity contribution is 7.99. The molecule has 0 radical (unpaired) electrons. The van der Waals surface area contributed by atoms with Gasteiger partial charge in [-0.1, -0.05) is 35.9 Å². The first-order chi connectivity index (χ1) is 12.7. The first kappa shape index (κ1) is 18.9. The molecule has 0 amide bonds. The summed E-state index contributed by atoms with van der Waals surface area (Å²) in [5.41, 5.74) is 2.93. The Morgan fingerprint density at radius 2 is 1.88 bits per heavy atom. The molecule has 0 unspecified atom stereocenters. The van der Waals surface area contributed by atoms with Crippen LogP contribution in [0.1, 0.15) is 24.8 Å². The fourth-order valence-corrected chi connectivity index (χ4v) is 3.77. The zero-order valence-electron chi connectivity index (χ0n) is 14.6. The van der Waals surface area contributed by atoms with Crippen LogP contribution in [0.2, 0.25) is 5.02 Å². The van der Waals surface area contributed by atoms with Crippen LogP contribution in [0.15, 0.2) is 47.9 Å². The van der Waals surface area contributed by atoms with Crippen molar-refractivity contribution in [2.24, 2.45) is 0 Å². The Morgan fingerprint density at radius 3 is 2.65 bits per heavy atom.